The first-order chi connectivity index (χ1) is 20.1. The summed E-state index contributed by atoms with van der Waals surface area (Å²) < 4.78 is 0. The van der Waals surface area contributed by atoms with Gasteiger partial charge in [0.2, 0.25) is 0 Å². The van der Waals surface area contributed by atoms with E-state index in [4.69, 9.17) is 63.0 Å². The number of nitrogens with two attached hydrogens (primary N) is 2. The highest BCUT2D eigenvalue weighted by Gasteiger charge is 2.29. The van der Waals surface area contributed by atoms with Crippen molar-refractivity contribution >= 4 is 76.4 Å². The Morgan fingerprint density at radius 2 is 1.16 bits per heavy atom. The van der Waals surface area contributed by atoms with Crippen LogP contribution in [0.15, 0.2) is 36.4 Å². The van der Waals surface area contributed by atoms with Crippen molar-refractivity contribution < 1.29 is 15.0 Å². The summed E-state index contributed by atoms with van der Waals surface area (Å²) in [6, 6.07) is 10.3. The molecular weight excluding hydrogens is 674 g/mol. The SMILES string of the molecule is CC(C)(CO)Cc1nnc(-c2cccc(Cl)c2Cl)c(N)n1.CC(C)(Cc1nnc(-c2cccc(Cl)c2Cl)c(N)n1)C(=O)O.Cl. The van der Waals surface area contributed by atoms with Gasteiger partial charge in [0.05, 0.1) is 25.5 Å². The molecule has 2 heterocycles. The van der Waals surface area contributed by atoms with Gasteiger partial charge in [-0.25, -0.2) is 9.97 Å². The van der Waals surface area contributed by atoms with E-state index in [2.05, 4.69) is 30.4 Å². The average molecular weight is 705 g/mol. The topological polar surface area (TPSA) is 187 Å². The molecule has 0 aliphatic carbocycles. The number of anilines is 2. The molecule has 2 aromatic carbocycles. The maximum absolute atomic E-state index is 11.1. The largest absolute Gasteiger partial charge is 0.481 e. The van der Waals surface area contributed by atoms with Crippen molar-refractivity contribution in [3.63, 3.8) is 0 Å². The minimum Gasteiger partial charge on any atom is -0.481 e. The lowest BCUT2D eigenvalue weighted by atomic mass is 9.89. The van der Waals surface area contributed by atoms with Crippen molar-refractivity contribution in [2.24, 2.45) is 10.8 Å². The zero-order valence-corrected chi connectivity index (χ0v) is 28.0. The predicted molar refractivity (Wildman–Crippen MR) is 176 cm³/mol. The molecule has 4 aromatic rings. The van der Waals surface area contributed by atoms with Crippen molar-refractivity contribution in [3.8, 4) is 22.5 Å². The van der Waals surface area contributed by atoms with Gasteiger partial charge in [-0.05, 0) is 31.4 Å². The van der Waals surface area contributed by atoms with Crippen LogP contribution in [-0.2, 0) is 17.6 Å². The van der Waals surface area contributed by atoms with Gasteiger partial charge in [0.15, 0.2) is 23.3 Å². The summed E-state index contributed by atoms with van der Waals surface area (Å²) in [5, 5.41) is 36.0. The Morgan fingerprint density at radius 3 is 1.52 bits per heavy atom. The van der Waals surface area contributed by atoms with Crippen LogP contribution in [0.25, 0.3) is 22.5 Å². The number of hydrogen-bond acceptors (Lipinski definition) is 10. The number of rotatable bonds is 8. The first kappa shape index (κ1) is 37.1. The summed E-state index contributed by atoms with van der Waals surface area (Å²) in [7, 11) is 0. The molecule has 16 heteroatoms. The van der Waals surface area contributed by atoms with Crippen molar-refractivity contribution in [1.82, 2.24) is 30.4 Å². The Morgan fingerprint density at radius 1 is 0.750 bits per heavy atom. The second kappa shape index (κ2) is 15.3. The Kier molecular flexibility index (Phi) is 12.9. The normalized spacial score (nSPS) is 11.3. The van der Waals surface area contributed by atoms with E-state index >= 15 is 0 Å². The summed E-state index contributed by atoms with van der Waals surface area (Å²) in [5.41, 5.74) is 12.3. The monoisotopic (exact) mass is 702 g/mol. The molecule has 4 rings (SSSR count). The highest BCUT2D eigenvalue weighted by Crippen LogP contribution is 2.35. The number of nitrogens with zero attached hydrogens (tertiary/aromatic N) is 6. The van der Waals surface area contributed by atoms with Crippen molar-refractivity contribution in [3.05, 3.63) is 68.1 Å². The molecule has 2 aromatic heterocycles. The van der Waals surface area contributed by atoms with Gasteiger partial charge in [-0.3, -0.25) is 4.79 Å². The summed E-state index contributed by atoms with van der Waals surface area (Å²) in [6.07, 6.45) is 0.591. The molecule has 44 heavy (non-hydrogen) atoms. The van der Waals surface area contributed by atoms with Gasteiger partial charge < -0.3 is 21.7 Å². The first-order valence-corrected chi connectivity index (χ1v) is 14.3. The summed E-state index contributed by atoms with van der Waals surface area (Å²) >= 11 is 24.2. The van der Waals surface area contributed by atoms with Gasteiger partial charge in [-0.2, -0.15) is 0 Å². The van der Waals surface area contributed by atoms with Crippen LogP contribution in [-0.4, -0.2) is 53.2 Å². The van der Waals surface area contributed by atoms with Crippen LogP contribution in [0.2, 0.25) is 20.1 Å². The average Bonchev–Trinajstić information content (AvgIpc) is 2.92. The molecule has 0 radical (unpaired) electrons. The standard InChI is InChI=1S/C14H14Cl2N4O2.C14H16Cl2N4O.ClH/c1-14(2,13(21)22)6-9-18-12(17)11(20-19-9)7-4-3-5-8(15)10(7)16;1-14(2,7-21)6-10-18-13(17)12(20-19-10)8-4-3-5-9(15)11(8)16;/h3-5H,6H2,1-2H3,(H,21,22)(H2,17,18,19);3-5,21H,6-7H2,1-2H3,(H2,17,18,19);1H. The second-order valence-electron chi connectivity index (χ2n) is 11.0. The number of aliphatic carboxylic acids is 1. The van der Waals surface area contributed by atoms with E-state index in [0.29, 0.717) is 54.9 Å². The molecule has 236 valence electrons. The van der Waals surface area contributed by atoms with Gasteiger partial charge in [0.1, 0.15) is 11.4 Å². The van der Waals surface area contributed by atoms with Crippen LogP contribution in [0, 0.1) is 10.8 Å². The fourth-order valence-electron chi connectivity index (χ4n) is 3.61. The zero-order valence-electron chi connectivity index (χ0n) is 24.1. The summed E-state index contributed by atoms with van der Waals surface area (Å²) in [4.78, 5) is 19.5. The molecule has 0 saturated heterocycles. The van der Waals surface area contributed by atoms with Crippen molar-refractivity contribution in [1.29, 1.82) is 0 Å². The number of carboxylic acid groups (broad SMARTS) is 1. The molecule has 11 nitrogen and oxygen atoms in total. The fraction of sp³-hybridized carbons (Fsp3) is 0.321. The molecule has 0 aliphatic heterocycles. The number of carbonyl (C=O) groups is 1. The van der Waals surface area contributed by atoms with Gasteiger partial charge >= 0.3 is 5.97 Å². The van der Waals surface area contributed by atoms with Gasteiger partial charge in [0, 0.05) is 30.6 Å². The lowest BCUT2D eigenvalue weighted by Gasteiger charge is -2.20. The van der Waals surface area contributed by atoms with Crippen LogP contribution in [0.5, 0.6) is 0 Å². The molecule has 0 amide bonds. The Hall–Kier alpha value is -3.06. The molecule has 0 atom stereocenters. The number of nitrogen functional groups attached to an aromatic ring is 2. The van der Waals surface area contributed by atoms with Gasteiger partial charge in [0.25, 0.3) is 0 Å². The van der Waals surface area contributed by atoms with E-state index in [1.54, 1.807) is 50.2 Å². The molecular formula is C28H31Cl5N8O3. The summed E-state index contributed by atoms with van der Waals surface area (Å²) in [5.74, 6) is 0.144. The number of aromatic nitrogens is 6. The Bertz CT molecular complexity index is 1640. The first-order valence-electron chi connectivity index (χ1n) is 12.8. The molecule has 0 unspecified atom stereocenters. The van der Waals surface area contributed by atoms with Crippen LogP contribution in [0.1, 0.15) is 39.3 Å². The molecule has 0 aliphatic rings. The highest BCUT2D eigenvalue weighted by atomic mass is 35.5. The van der Waals surface area contributed by atoms with E-state index < -0.39 is 11.4 Å². The minimum atomic E-state index is -1.01. The smallest absolute Gasteiger partial charge is 0.309 e. The molecule has 0 spiro atoms. The number of benzene rings is 2. The Labute approximate surface area is 280 Å². The van der Waals surface area contributed by atoms with Gasteiger partial charge in [-0.15, -0.1) is 32.8 Å². The quantitative estimate of drug-likeness (QED) is 0.157. The third-order valence-electron chi connectivity index (χ3n) is 6.17. The Balaban J connectivity index is 0.000000300. The van der Waals surface area contributed by atoms with E-state index in [-0.39, 0.29) is 48.3 Å². The lowest BCUT2D eigenvalue weighted by Crippen LogP contribution is -2.27. The number of aliphatic hydroxyl groups excluding tert-OH is 1. The predicted octanol–water partition coefficient (Wildman–Crippen LogP) is 6.49. The van der Waals surface area contributed by atoms with E-state index in [0.717, 1.165) is 0 Å². The zero-order chi connectivity index (χ0) is 32.1. The number of halogens is 5. The fourth-order valence-corrected chi connectivity index (χ4v) is 4.39. The number of carboxylic acids is 1. The van der Waals surface area contributed by atoms with E-state index in [9.17, 15) is 9.90 Å². The lowest BCUT2D eigenvalue weighted by molar-refractivity contribution is -0.146. The van der Waals surface area contributed by atoms with Crippen molar-refractivity contribution in [2.75, 3.05) is 18.1 Å². The van der Waals surface area contributed by atoms with Crippen LogP contribution in [0.4, 0.5) is 11.6 Å². The molecule has 0 fully saturated rings. The second-order valence-corrected chi connectivity index (χ2v) is 12.6. The van der Waals surface area contributed by atoms with E-state index in [1.165, 1.54) is 0 Å². The van der Waals surface area contributed by atoms with Crippen LogP contribution in [0.3, 0.4) is 0 Å². The maximum atomic E-state index is 11.1. The maximum Gasteiger partial charge on any atom is 0.309 e. The summed E-state index contributed by atoms with van der Waals surface area (Å²) in [6.45, 7) is 7.01. The van der Waals surface area contributed by atoms with E-state index in [1.807, 2.05) is 13.8 Å². The third kappa shape index (κ3) is 9.23. The minimum absolute atomic E-state index is 0. The van der Waals surface area contributed by atoms with Crippen molar-refractivity contribution in [2.45, 2.75) is 40.5 Å². The number of aliphatic hydroxyl groups is 1. The van der Waals surface area contributed by atoms with Gasteiger partial charge in [-0.1, -0.05) is 84.5 Å². The highest BCUT2D eigenvalue weighted by molar-refractivity contribution is 6.44. The van der Waals surface area contributed by atoms with Crippen LogP contribution >= 0.6 is 58.8 Å². The molecule has 6 N–H and O–H groups in total. The molecule has 0 saturated carbocycles. The van der Waals surface area contributed by atoms with Crippen LogP contribution < -0.4 is 11.5 Å². The molecule has 0 bridgehead atoms. The third-order valence-corrected chi connectivity index (χ3v) is 7.81. The number of hydrogen-bond donors (Lipinski definition) is 4.